The van der Waals surface area contributed by atoms with Crippen molar-refractivity contribution in [3.8, 4) is 0 Å². The second-order valence-electron chi connectivity index (χ2n) is 13.1. The van der Waals surface area contributed by atoms with Crippen LogP contribution in [0.2, 0.25) is 0 Å². The van der Waals surface area contributed by atoms with Crippen molar-refractivity contribution in [3.05, 3.63) is 0 Å². The average Bonchev–Trinajstić information content (AvgIpc) is 2.88. The number of aliphatic carboxylic acids is 2. The summed E-state index contributed by atoms with van der Waals surface area (Å²) in [5.74, 6) is 0.424. The maximum atomic E-state index is 10.3. The highest BCUT2D eigenvalue weighted by Crippen LogP contribution is 2.15. The minimum Gasteiger partial charge on any atom is -0.481 e. The van der Waals surface area contributed by atoms with Crippen molar-refractivity contribution < 1.29 is 19.8 Å². The molecule has 0 atom stereocenters. The Morgan fingerprint density at radius 2 is 0.525 bits per heavy atom. The maximum absolute atomic E-state index is 10.3. The zero-order valence-corrected chi connectivity index (χ0v) is 27.7. The van der Waals surface area contributed by atoms with Crippen molar-refractivity contribution in [1.29, 1.82) is 0 Å². The van der Waals surface area contributed by atoms with Crippen LogP contribution in [0.3, 0.4) is 0 Å². The minimum absolute atomic E-state index is 0.344. The van der Waals surface area contributed by atoms with E-state index in [2.05, 4.69) is 27.7 Å². The summed E-state index contributed by atoms with van der Waals surface area (Å²) in [4.78, 5) is 20.7. The van der Waals surface area contributed by atoms with Gasteiger partial charge in [-0.05, 0) is 24.7 Å². The van der Waals surface area contributed by atoms with E-state index in [9.17, 15) is 9.59 Å². The summed E-state index contributed by atoms with van der Waals surface area (Å²) in [5, 5.41) is 17.0. The van der Waals surface area contributed by atoms with Gasteiger partial charge in [-0.15, -0.1) is 0 Å². The molecule has 0 amide bonds. The van der Waals surface area contributed by atoms with Crippen LogP contribution in [0.1, 0.15) is 207 Å². The van der Waals surface area contributed by atoms with E-state index in [0.29, 0.717) is 12.8 Å². The Balaban J connectivity index is 0. The zero-order valence-electron chi connectivity index (χ0n) is 27.7. The Morgan fingerprint density at radius 3 is 0.700 bits per heavy atom. The summed E-state index contributed by atoms with van der Waals surface area (Å²) in [5.41, 5.74) is 0. The zero-order chi connectivity index (χ0) is 30.1. The smallest absolute Gasteiger partial charge is 0.303 e. The fraction of sp³-hybridized carbons (Fsp3) is 0.944. The third-order valence-corrected chi connectivity index (χ3v) is 7.84. The van der Waals surface area contributed by atoms with E-state index in [4.69, 9.17) is 10.2 Å². The van der Waals surface area contributed by atoms with E-state index in [-0.39, 0.29) is 0 Å². The molecule has 0 aliphatic rings. The predicted octanol–water partition coefficient (Wildman–Crippen LogP) is 12.4. The largest absolute Gasteiger partial charge is 0.481 e. The summed E-state index contributed by atoms with van der Waals surface area (Å²) in [7, 11) is 0. The van der Waals surface area contributed by atoms with Crippen LogP contribution >= 0.6 is 0 Å². The van der Waals surface area contributed by atoms with Gasteiger partial charge >= 0.3 is 11.9 Å². The topological polar surface area (TPSA) is 74.6 Å². The van der Waals surface area contributed by atoms with E-state index in [1.54, 1.807) is 0 Å². The predicted molar refractivity (Wildman–Crippen MR) is 174 cm³/mol. The fourth-order valence-electron chi connectivity index (χ4n) is 5.19. The van der Waals surface area contributed by atoms with Crippen LogP contribution in [0.15, 0.2) is 0 Å². The van der Waals surface area contributed by atoms with E-state index in [1.165, 1.54) is 141 Å². The van der Waals surface area contributed by atoms with Crippen molar-refractivity contribution >= 4 is 11.9 Å². The van der Waals surface area contributed by atoms with Gasteiger partial charge in [-0.3, -0.25) is 9.59 Å². The number of rotatable bonds is 30. The Kier molecular flexibility index (Phi) is 35.1. The van der Waals surface area contributed by atoms with Gasteiger partial charge in [0.15, 0.2) is 0 Å². The highest BCUT2D eigenvalue weighted by atomic mass is 16.4. The fourth-order valence-corrected chi connectivity index (χ4v) is 5.19. The molecule has 0 saturated heterocycles. The second-order valence-corrected chi connectivity index (χ2v) is 13.1. The SMILES string of the molecule is CC(C)CCCCCCCCCCCCCCC(=O)O.CC(C)CCCCCCCCCCCCCCC(=O)O. The van der Waals surface area contributed by atoms with Gasteiger partial charge in [0.05, 0.1) is 0 Å². The van der Waals surface area contributed by atoms with Crippen LogP contribution in [0.25, 0.3) is 0 Å². The van der Waals surface area contributed by atoms with Gasteiger partial charge in [0, 0.05) is 12.8 Å². The van der Waals surface area contributed by atoms with E-state index in [0.717, 1.165) is 37.5 Å². The molecule has 2 N–H and O–H groups in total. The molecular weight excluding hydrogens is 496 g/mol. The van der Waals surface area contributed by atoms with E-state index < -0.39 is 11.9 Å². The number of carboxylic acid groups (broad SMARTS) is 2. The Bertz CT molecular complexity index is 469. The van der Waals surface area contributed by atoms with Crippen LogP contribution < -0.4 is 0 Å². The van der Waals surface area contributed by atoms with E-state index >= 15 is 0 Å². The van der Waals surface area contributed by atoms with Gasteiger partial charge in [-0.25, -0.2) is 0 Å². The maximum Gasteiger partial charge on any atom is 0.303 e. The molecule has 0 aromatic carbocycles. The molecule has 4 nitrogen and oxygen atoms in total. The number of carboxylic acids is 2. The first kappa shape index (κ1) is 41.1. The first-order valence-electron chi connectivity index (χ1n) is 17.7. The van der Waals surface area contributed by atoms with Crippen LogP contribution in [0.5, 0.6) is 0 Å². The van der Waals surface area contributed by atoms with Gasteiger partial charge < -0.3 is 10.2 Å². The van der Waals surface area contributed by atoms with Crippen molar-refractivity contribution in [2.24, 2.45) is 11.8 Å². The third kappa shape index (κ3) is 44.0. The van der Waals surface area contributed by atoms with Crippen molar-refractivity contribution in [1.82, 2.24) is 0 Å². The first-order valence-corrected chi connectivity index (χ1v) is 17.7. The van der Waals surface area contributed by atoms with E-state index in [1.807, 2.05) is 0 Å². The Labute approximate surface area is 250 Å². The molecule has 40 heavy (non-hydrogen) atoms. The highest BCUT2D eigenvalue weighted by molar-refractivity contribution is 5.66. The summed E-state index contributed by atoms with van der Waals surface area (Å²) in [6, 6.07) is 0. The lowest BCUT2D eigenvalue weighted by atomic mass is 10.0. The highest BCUT2D eigenvalue weighted by Gasteiger charge is 1.99. The molecule has 0 unspecified atom stereocenters. The standard InChI is InChI=1S/2C18H36O2/c2*1-17(2)15-13-11-9-7-5-3-4-6-8-10-12-14-16-18(19)20/h2*17H,3-16H2,1-2H3,(H,19,20). The molecule has 0 heterocycles. The Morgan fingerprint density at radius 1 is 0.350 bits per heavy atom. The number of carbonyl (C=O) groups is 2. The lowest BCUT2D eigenvalue weighted by molar-refractivity contribution is -0.138. The van der Waals surface area contributed by atoms with Crippen LogP contribution in [0, 0.1) is 11.8 Å². The molecule has 4 heteroatoms. The summed E-state index contributed by atoms with van der Waals surface area (Å²) >= 11 is 0. The first-order chi connectivity index (χ1) is 19.3. The summed E-state index contributed by atoms with van der Waals surface area (Å²) in [6.07, 6.45) is 34.6. The number of hydrogen-bond donors (Lipinski definition) is 2. The van der Waals surface area contributed by atoms with Crippen LogP contribution in [0.4, 0.5) is 0 Å². The second kappa shape index (κ2) is 34.1. The Hall–Kier alpha value is -1.06. The minimum atomic E-state index is -0.654. The normalized spacial score (nSPS) is 11.2. The van der Waals surface area contributed by atoms with Gasteiger partial charge in [0.2, 0.25) is 0 Å². The molecule has 0 rings (SSSR count). The quantitative estimate of drug-likeness (QED) is 0.0845. The summed E-state index contributed by atoms with van der Waals surface area (Å²) in [6.45, 7) is 9.23. The van der Waals surface area contributed by atoms with Gasteiger partial charge in [0.25, 0.3) is 0 Å². The monoisotopic (exact) mass is 569 g/mol. The molecule has 240 valence electrons. The number of hydrogen-bond acceptors (Lipinski definition) is 2. The van der Waals surface area contributed by atoms with Crippen molar-refractivity contribution in [3.63, 3.8) is 0 Å². The number of unbranched alkanes of at least 4 members (excludes halogenated alkanes) is 22. The molecule has 0 aromatic rings. The molecule has 0 fully saturated rings. The molecule has 0 aromatic heterocycles. The van der Waals surface area contributed by atoms with Crippen molar-refractivity contribution in [2.45, 2.75) is 207 Å². The molecule has 0 spiro atoms. The van der Waals surface area contributed by atoms with Gasteiger partial charge in [0.1, 0.15) is 0 Å². The van der Waals surface area contributed by atoms with Crippen LogP contribution in [-0.4, -0.2) is 22.2 Å². The molecule has 0 aliphatic heterocycles. The lowest BCUT2D eigenvalue weighted by Gasteiger charge is -2.04. The molecule has 0 saturated carbocycles. The van der Waals surface area contributed by atoms with Gasteiger partial charge in [-0.2, -0.15) is 0 Å². The molecule has 0 aliphatic carbocycles. The van der Waals surface area contributed by atoms with Crippen molar-refractivity contribution in [2.75, 3.05) is 0 Å². The third-order valence-electron chi connectivity index (χ3n) is 7.84. The molecule has 0 radical (unpaired) electrons. The lowest BCUT2D eigenvalue weighted by Crippen LogP contribution is -1.93. The van der Waals surface area contributed by atoms with Crippen LogP contribution in [-0.2, 0) is 9.59 Å². The average molecular weight is 569 g/mol. The molecular formula is C36H72O4. The van der Waals surface area contributed by atoms with Gasteiger partial charge in [-0.1, -0.05) is 182 Å². The summed E-state index contributed by atoms with van der Waals surface area (Å²) < 4.78 is 0. The molecule has 0 bridgehead atoms.